The molecule has 0 unspecified atom stereocenters. The smallest absolute Gasteiger partial charge is 0.344 e. The van der Waals surface area contributed by atoms with Crippen LogP contribution in [0.2, 0.25) is 0 Å². The molecular weight excluding hydrogens is 156 g/mol. The molecule has 0 heterocycles. The molecule has 0 atom stereocenters. The van der Waals surface area contributed by atoms with Crippen LogP contribution in [0.5, 0.6) is 0 Å². The van der Waals surface area contributed by atoms with Gasteiger partial charge in [-0.15, -0.1) is 0 Å². The third kappa shape index (κ3) is 30.9. The molecule has 0 aliphatic heterocycles. The maximum atomic E-state index is 3.78. The van der Waals surface area contributed by atoms with Crippen LogP contribution in [0.25, 0.3) is 0 Å². The van der Waals surface area contributed by atoms with E-state index in [0.29, 0.717) is 0 Å². The van der Waals surface area contributed by atoms with Gasteiger partial charge in [-0.05, 0) is 5.92 Å². The van der Waals surface area contributed by atoms with E-state index in [2.05, 4.69) is 27.7 Å². The minimum atomic E-state index is 0. The van der Waals surface area contributed by atoms with E-state index in [0.717, 1.165) is 18.8 Å². The van der Waals surface area contributed by atoms with Gasteiger partial charge in [0.15, 0.2) is 0 Å². The number of hydrogen-bond donors (Lipinski definition) is 0. The van der Waals surface area contributed by atoms with Gasteiger partial charge < -0.3 is 13.8 Å². The average molecular weight is 181 g/mol. The summed E-state index contributed by atoms with van der Waals surface area (Å²) in [7, 11) is 0. The molecule has 0 rings (SSSR count). The molecule has 1 heteroatoms. The van der Waals surface area contributed by atoms with E-state index >= 15 is 0 Å². The summed E-state index contributed by atoms with van der Waals surface area (Å²) < 4.78 is 0. The van der Waals surface area contributed by atoms with E-state index in [1.807, 2.05) is 6.92 Å². The van der Waals surface area contributed by atoms with Crippen LogP contribution in [0.15, 0.2) is 0 Å². The Morgan fingerprint density at radius 2 is 1.50 bits per heavy atom. The summed E-state index contributed by atoms with van der Waals surface area (Å²) in [5, 5.41) is 0. The van der Waals surface area contributed by atoms with Crippen molar-refractivity contribution in [3.8, 4) is 0 Å². The van der Waals surface area contributed by atoms with Crippen LogP contribution in [-0.4, -0.2) is 23.1 Å². The number of unbranched alkanes of at least 4 members (excludes halogenated alkanes) is 2. The molecule has 12 heavy (non-hydrogen) atoms. The quantitative estimate of drug-likeness (QED) is 0.350. The van der Waals surface area contributed by atoms with Gasteiger partial charge in [0.2, 0.25) is 0 Å². The van der Waals surface area contributed by atoms with Crippen molar-refractivity contribution in [2.75, 3.05) is 0 Å². The molecule has 0 N–H and O–H groups in total. The third-order valence-electron chi connectivity index (χ3n) is 1.28. The van der Waals surface area contributed by atoms with Crippen molar-refractivity contribution in [1.29, 1.82) is 0 Å². The Morgan fingerprint density at radius 1 is 1.08 bits per heavy atom. The van der Waals surface area contributed by atoms with Crippen LogP contribution in [0.1, 0.15) is 52.9 Å². The first kappa shape index (κ1) is 18.5. The van der Waals surface area contributed by atoms with Crippen molar-refractivity contribution < 1.29 is 0 Å². The Kier molecular flexibility index (Phi) is 27.4. The fraction of sp³-hybridized carbons (Fsp3) is 0.818. The first-order valence-electron chi connectivity index (χ1n) is 4.77. The predicted molar refractivity (Wildman–Crippen MR) is 60.1 cm³/mol. The van der Waals surface area contributed by atoms with Crippen LogP contribution in [0, 0.1) is 19.8 Å². The fourth-order valence-electron chi connectivity index (χ4n) is 0.729. The third-order valence-corrected chi connectivity index (χ3v) is 1.28. The van der Waals surface area contributed by atoms with Gasteiger partial charge in [0, 0.05) is 0 Å². The second-order valence-corrected chi connectivity index (χ2v) is 3.24. The molecule has 0 aliphatic rings. The van der Waals surface area contributed by atoms with Crippen LogP contribution < -0.4 is 0 Å². The molecule has 0 nitrogen and oxygen atoms in total. The summed E-state index contributed by atoms with van der Waals surface area (Å²) in [4.78, 5) is 0. The molecule has 0 saturated heterocycles. The minimum Gasteiger partial charge on any atom is -0.344 e. The number of hydrogen-bond acceptors (Lipinski definition) is 0. The molecule has 0 aromatic heterocycles. The van der Waals surface area contributed by atoms with Gasteiger partial charge >= 0.3 is 23.1 Å². The maximum absolute atomic E-state index is 3.78. The Balaban J connectivity index is -0.000000177. The van der Waals surface area contributed by atoms with Crippen molar-refractivity contribution in [3.63, 3.8) is 0 Å². The Hall–Kier alpha value is 0.766. The monoisotopic (exact) mass is 180 g/mol. The van der Waals surface area contributed by atoms with Crippen molar-refractivity contribution in [2.24, 2.45) is 5.92 Å². The minimum absolute atomic E-state index is 0. The molecule has 0 aromatic carbocycles. The summed E-state index contributed by atoms with van der Waals surface area (Å²) in [6.07, 6.45) is 6.14. The molecule has 0 saturated carbocycles. The molecule has 0 amide bonds. The fourth-order valence-corrected chi connectivity index (χ4v) is 0.729. The molecule has 0 spiro atoms. The van der Waals surface area contributed by atoms with Crippen LogP contribution in [-0.2, 0) is 0 Å². The zero-order valence-electron chi connectivity index (χ0n) is 9.23. The van der Waals surface area contributed by atoms with Crippen LogP contribution in [0.3, 0.4) is 0 Å². The van der Waals surface area contributed by atoms with E-state index < -0.39 is 0 Å². The van der Waals surface area contributed by atoms with Gasteiger partial charge in [-0.3, -0.25) is 0 Å². The van der Waals surface area contributed by atoms with E-state index in [1.54, 1.807) is 0 Å². The molecule has 0 aliphatic carbocycles. The van der Waals surface area contributed by atoms with Crippen molar-refractivity contribution >= 4 is 23.1 Å². The molecule has 70 valence electrons. The topological polar surface area (TPSA) is 0 Å². The largest absolute Gasteiger partial charge is 2.00 e. The van der Waals surface area contributed by atoms with E-state index in [9.17, 15) is 0 Å². The van der Waals surface area contributed by atoms with Crippen molar-refractivity contribution in [3.05, 3.63) is 13.8 Å². The Morgan fingerprint density at radius 3 is 1.75 bits per heavy atom. The Labute approximate surface area is 95.7 Å². The van der Waals surface area contributed by atoms with Gasteiger partial charge in [-0.25, -0.2) is 0 Å². The standard InChI is InChI=1S/C8H17.C3H7.Mg/c1-4-5-6-7-8(2)3;1-3-2;/h8H,1,4-7H2,2-3H3;1,3H2,2H3;/q2*-1;+2. The summed E-state index contributed by atoms with van der Waals surface area (Å²) in [6.45, 7) is 13.8. The molecular formula is C11H24Mg. The van der Waals surface area contributed by atoms with Gasteiger partial charge in [-0.2, -0.15) is 12.8 Å². The SMILES string of the molecule is [CH2-]CC.[CH2-]CCCCC(C)C.[Mg+2]. The normalized spacial score (nSPS) is 8.50. The first-order chi connectivity index (χ1) is 5.18. The van der Waals surface area contributed by atoms with E-state index in [1.165, 1.54) is 19.3 Å². The molecule has 0 bridgehead atoms. The van der Waals surface area contributed by atoms with Gasteiger partial charge in [0.25, 0.3) is 0 Å². The maximum Gasteiger partial charge on any atom is 2.00 e. The van der Waals surface area contributed by atoms with Gasteiger partial charge in [-0.1, -0.05) is 40.0 Å². The average Bonchev–Trinajstić information content (AvgIpc) is 1.89. The second kappa shape index (κ2) is 17.7. The predicted octanol–water partition coefficient (Wildman–Crippen LogP) is 3.89. The Bertz CT molecular complexity index is 51.0. The van der Waals surface area contributed by atoms with E-state index in [4.69, 9.17) is 0 Å². The number of rotatable bonds is 4. The summed E-state index contributed by atoms with van der Waals surface area (Å²) >= 11 is 0. The van der Waals surface area contributed by atoms with Crippen LogP contribution >= 0.6 is 0 Å². The molecule has 0 radical (unpaired) electrons. The van der Waals surface area contributed by atoms with Gasteiger partial charge in [0.1, 0.15) is 0 Å². The van der Waals surface area contributed by atoms with E-state index in [-0.39, 0.29) is 23.1 Å². The summed E-state index contributed by atoms with van der Waals surface area (Å²) in [6, 6.07) is 0. The first-order valence-corrected chi connectivity index (χ1v) is 4.77. The zero-order chi connectivity index (χ0) is 9.11. The summed E-state index contributed by atoms with van der Waals surface area (Å²) in [5.74, 6) is 0.876. The van der Waals surface area contributed by atoms with Crippen molar-refractivity contribution in [1.82, 2.24) is 0 Å². The zero-order valence-corrected chi connectivity index (χ0v) is 10.6. The summed E-state index contributed by atoms with van der Waals surface area (Å²) in [5.41, 5.74) is 0. The van der Waals surface area contributed by atoms with Gasteiger partial charge in [0.05, 0.1) is 0 Å². The second-order valence-electron chi connectivity index (χ2n) is 3.24. The molecule has 0 aromatic rings. The van der Waals surface area contributed by atoms with Crippen molar-refractivity contribution in [2.45, 2.75) is 52.9 Å². The molecule has 0 fully saturated rings. The van der Waals surface area contributed by atoms with Crippen LogP contribution in [0.4, 0.5) is 0 Å².